The van der Waals surface area contributed by atoms with Crippen molar-refractivity contribution < 1.29 is 17.8 Å². The second kappa shape index (κ2) is 10.7. The predicted molar refractivity (Wildman–Crippen MR) is 126 cm³/mol. The van der Waals surface area contributed by atoms with Crippen molar-refractivity contribution in [1.29, 1.82) is 0 Å². The van der Waals surface area contributed by atoms with E-state index < -0.39 is 14.0 Å². The average molecular weight is 446 g/mol. The third-order valence-electron chi connectivity index (χ3n) is 4.61. The summed E-state index contributed by atoms with van der Waals surface area (Å²) in [5, 5.41) is 0. The van der Waals surface area contributed by atoms with Crippen LogP contribution in [0.4, 0.5) is 8.78 Å². The van der Waals surface area contributed by atoms with Crippen molar-refractivity contribution in [2.75, 3.05) is 0 Å². The maximum absolute atomic E-state index is 14.1. The molecule has 0 radical (unpaired) electrons. The lowest BCUT2D eigenvalue weighted by atomic mass is 10.1. The van der Waals surface area contributed by atoms with Gasteiger partial charge in [0.05, 0.1) is 5.66 Å². The predicted octanol–water partition coefficient (Wildman–Crippen LogP) is 8.19. The molecule has 0 aromatic heterocycles. The molecule has 32 heavy (non-hydrogen) atoms. The Bertz CT molecular complexity index is 1120. The van der Waals surface area contributed by atoms with E-state index in [2.05, 4.69) is 0 Å². The largest absolute Gasteiger partial charge is 0.438 e. The highest BCUT2D eigenvalue weighted by molar-refractivity contribution is 7.48. The first kappa shape index (κ1) is 21.7. The summed E-state index contributed by atoms with van der Waals surface area (Å²) in [5.41, 5.74) is 0.987. The van der Waals surface area contributed by atoms with Crippen LogP contribution in [0.15, 0.2) is 115 Å². The van der Waals surface area contributed by atoms with Gasteiger partial charge in [-0.3, -0.25) is 0 Å². The van der Waals surface area contributed by atoms with Gasteiger partial charge in [-0.25, -0.2) is 8.78 Å². The molecule has 0 N–H and O–H groups in total. The molecule has 0 aliphatic carbocycles. The highest BCUT2D eigenvalue weighted by Crippen LogP contribution is 2.54. The van der Waals surface area contributed by atoms with Crippen LogP contribution in [0, 0.1) is 11.6 Å². The summed E-state index contributed by atoms with van der Waals surface area (Å²) in [4.78, 5) is 0. The minimum atomic E-state index is -1.62. The van der Waals surface area contributed by atoms with Crippen molar-refractivity contribution >= 4 is 14.5 Å². The lowest BCUT2D eigenvalue weighted by molar-refractivity contribution is 0.482. The highest BCUT2D eigenvalue weighted by atomic mass is 31.2. The summed E-state index contributed by atoms with van der Waals surface area (Å²) < 4.78 is 40.3. The molecule has 4 aromatic rings. The number of benzene rings is 4. The van der Waals surface area contributed by atoms with Crippen LogP contribution in [-0.2, 0) is 0 Å². The molecular formula is C27H21F2O2P. The standard InChI is InChI=1S/C27H21F2O2P/c28-23-11-7-9-21(19-23)17-18-27(22-10-8-12-24(29)20-22)32(30-25-13-3-1-4-14-25)31-26-15-5-2-6-16-26/h1-20,27H/b18-17+. The van der Waals surface area contributed by atoms with E-state index in [0.717, 1.165) is 0 Å². The zero-order chi connectivity index (χ0) is 22.2. The van der Waals surface area contributed by atoms with Crippen molar-refractivity contribution in [3.63, 3.8) is 0 Å². The number of para-hydroxylation sites is 2. The summed E-state index contributed by atoms with van der Waals surface area (Å²) in [7, 11) is -1.62. The highest BCUT2D eigenvalue weighted by Gasteiger charge is 2.28. The molecule has 0 heterocycles. The smallest absolute Gasteiger partial charge is 0.302 e. The fourth-order valence-corrected chi connectivity index (χ4v) is 4.66. The Labute approximate surface area is 187 Å². The fourth-order valence-electron chi connectivity index (χ4n) is 3.11. The van der Waals surface area contributed by atoms with Gasteiger partial charge in [0.1, 0.15) is 23.1 Å². The summed E-state index contributed by atoms with van der Waals surface area (Å²) in [6.45, 7) is 0. The van der Waals surface area contributed by atoms with Crippen molar-refractivity contribution in [2.24, 2.45) is 0 Å². The fraction of sp³-hybridized carbons (Fsp3) is 0.0370. The molecule has 0 spiro atoms. The van der Waals surface area contributed by atoms with E-state index in [1.807, 2.05) is 72.8 Å². The Morgan fingerprint density at radius 1 is 0.625 bits per heavy atom. The van der Waals surface area contributed by atoms with Crippen molar-refractivity contribution in [3.05, 3.63) is 138 Å². The zero-order valence-corrected chi connectivity index (χ0v) is 18.0. The van der Waals surface area contributed by atoms with Crippen molar-refractivity contribution in [2.45, 2.75) is 5.66 Å². The molecular weight excluding hydrogens is 425 g/mol. The zero-order valence-electron chi connectivity index (χ0n) is 17.1. The summed E-state index contributed by atoms with van der Waals surface area (Å²) in [5.74, 6) is 0.629. The van der Waals surface area contributed by atoms with Gasteiger partial charge < -0.3 is 9.05 Å². The van der Waals surface area contributed by atoms with E-state index in [4.69, 9.17) is 9.05 Å². The molecule has 0 saturated carbocycles. The van der Waals surface area contributed by atoms with Gasteiger partial charge in [-0.2, -0.15) is 0 Å². The van der Waals surface area contributed by atoms with Crippen LogP contribution in [0.1, 0.15) is 16.8 Å². The van der Waals surface area contributed by atoms with Gasteiger partial charge in [0.15, 0.2) is 0 Å². The Morgan fingerprint density at radius 3 is 1.75 bits per heavy atom. The van der Waals surface area contributed by atoms with Crippen LogP contribution in [0.25, 0.3) is 6.08 Å². The lowest BCUT2D eigenvalue weighted by Gasteiger charge is -2.25. The van der Waals surface area contributed by atoms with Gasteiger partial charge in [-0.15, -0.1) is 0 Å². The Hall–Kier alpha value is -3.49. The molecule has 2 nitrogen and oxygen atoms in total. The van der Waals surface area contributed by atoms with Gasteiger partial charge >= 0.3 is 8.38 Å². The lowest BCUT2D eigenvalue weighted by Crippen LogP contribution is -2.05. The first-order valence-electron chi connectivity index (χ1n) is 10.1. The van der Waals surface area contributed by atoms with Crippen LogP contribution < -0.4 is 9.05 Å². The van der Waals surface area contributed by atoms with E-state index in [9.17, 15) is 8.78 Å². The van der Waals surface area contributed by atoms with Crippen LogP contribution in [-0.4, -0.2) is 0 Å². The van der Waals surface area contributed by atoms with E-state index in [1.165, 1.54) is 24.3 Å². The van der Waals surface area contributed by atoms with Crippen molar-refractivity contribution in [3.8, 4) is 11.5 Å². The molecule has 0 fully saturated rings. The average Bonchev–Trinajstić information content (AvgIpc) is 2.81. The number of rotatable bonds is 8. The second-order valence-corrected chi connectivity index (χ2v) is 8.50. The first-order chi connectivity index (χ1) is 15.7. The van der Waals surface area contributed by atoms with Crippen LogP contribution in [0.3, 0.4) is 0 Å². The van der Waals surface area contributed by atoms with E-state index >= 15 is 0 Å². The van der Waals surface area contributed by atoms with Gasteiger partial charge in [0.25, 0.3) is 0 Å². The third kappa shape index (κ3) is 6.03. The molecule has 5 heteroatoms. The molecule has 160 valence electrons. The molecule has 0 bridgehead atoms. The minimum Gasteiger partial charge on any atom is -0.438 e. The Kier molecular flexibility index (Phi) is 7.27. The topological polar surface area (TPSA) is 18.5 Å². The van der Waals surface area contributed by atoms with Crippen LogP contribution >= 0.6 is 8.38 Å². The molecule has 0 aliphatic rings. The molecule has 1 unspecified atom stereocenters. The van der Waals surface area contributed by atoms with Gasteiger partial charge in [-0.05, 0) is 59.7 Å². The maximum Gasteiger partial charge on any atom is 0.302 e. The van der Waals surface area contributed by atoms with Gasteiger partial charge in [-0.1, -0.05) is 72.8 Å². The van der Waals surface area contributed by atoms with Gasteiger partial charge in [0, 0.05) is 0 Å². The van der Waals surface area contributed by atoms with Crippen LogP contribution in [0.2, 0.25) is 0 Å². The number of halogens is 2. The first-order valence-corrected chi connectivity index (χ1v) is 11.4. The third-order valence-corrected chi connectivity index (χ3v) is 6.32. The summed E-state index contributed by atoms with van der Waals surface area (Å²) in [6, 6.07) is 31.4. The quantitative estimate of drug-likeness (QED) is 0.254. The molecule has 1 atom stereocenters. The molecule has 0 amide bonds. The monoisotopic (exact) mass is 446 g/mol. The SMILES string of the molecule is Fc1cccc(/C=C/C(c2cccc(F)c2)P(Oc2ccccc2)Oc2ccccc2)c1. The van der Waals surface area contributed by atoms with Gasteiger partial charge in [0.2, 0.25) is 0 Å². The minimum absolute atomic E-state index is 0.321. The van der Waals surface area contributed by atoms with E-state index in [0.29, 0.717) is 22.6 Å². The number of hydrogen-bond acceptors (Lipinski definition) is 2. The molecule has 0 aliphatic heterocycles. The van der Waals surface area contributed by atoms with E-state index in [-0.39, 0.29) is 11.6 Å². The molecule has 0 saturated heterocycles. The second-order valence-electron chi connectivity index (χ2n) is 7.01. The summed E-state index contributed by atoms with van der Waals surface area (Å²) in [6.07, 6.45) is 3.68. The maximum atomic E-state index is 14.1. The molecule has 4 aromatic carbocycles. The van der Waals surface area contributed by atoms with Crippen molar-refractivity contribution in [1.82, 2.24) is 0 Å². The van der Waals surface area contributed by atoms with Crippen LogP contribution in [0.5, 0.6) is 11.5 Å². The number of allylic oxidation sites excluding steroid dienone is 1. The Balaban J connectivity index is 1.73. The summed E-state index contributed by atoms with van der Waals surface area (Å²) >= 11 is 0. The number of hydrogen-bond donors (Lipinski definition) is 0. The van der Waals surface area contributed by atoms with E-state index in [1.54, 1.807) is 24.3 Å². The Morgan fingerprint density at radius 2 is 1.19 bits per heavy atom. The normalized spacial score (nSPS) is 12.1. The molecule has 4 rings (SSSR count).